The summed E-state index contributed by atoms with van der Waals surface area (Å²) in [5, 5.41) is 3.30. The van der Waals surface area contributed by atoms with Gasteiger partial charge in [0.1, 0.15) is 16.4 Å². The highest BCUT2D eigenvalue weighted by molar-refractivity contribution is 7.17. The molecular formula is C19H22FNO3S. The Labute approximate surface area is 151 Å². The van der Waals surface area contributed by atoms with Crippen LogP contribution < -0.4 is 5.32 Å². The lowest BCUT2D eigenvalue weighted by Crippen LogP contribution is -2.16. The topological polar surface area (TPSA) is 55.4 Å². The Morgan fingerprint density at radius 2 is 1.88 bits per heavy atom. The van der Waals surface area contributed by atoms with Crippen LogP contribution in [0.4, 0.5) is 9.39 Å². The summed E-state index contributed by atoms with van der Waals surface area (Å²) in [5.74, 6) is -0.776. The minimum absolute atomic E-state index is 0.146. The van der Waals surface area contributed by atoms with Crippen molar-refractivity contribution in [1.29, 1.82) is 0 Å². The van der Waals surface area contributed by atoms with E-state index >= 15 is 0 Å². The zero-order chi connectivity index (χ0) is 18.6. The van der Waals surface area contributed by atoms with Gasteiger partial charge >= 0.3 is 5.97 Å². The van der Waals surface area contributed by atoms with Crippen LogP contribution in [0.5, 0.6) is 0 Å². The molecule has 6 heteroatoms. The van der Waals surface area contributed by atoms with Gasteiger partial charge in [-0.15, -0.1) is 11.3 Å². The van der Waals surface area contributed by atoms with E-state index in [0.29, 0.717) is 28.1 Å². The molecule has 0 atom stereocenters. The average molecular weight is 363 g/mol. The summed E-state index contributed by atoms with van der Waals surface area (Å²) in [6, 6.07) is 5.93. The Morgan fingerprint density at radius 1 is 1.24 bits per heavy atom. The molecule has 1 aromatic heterocycles. The number of aryl methyl sites for hydroxylation is 1. The summed E-state index contributed by atoms with van der Waals surface area (Å²) in [4.78, 5) is 25.5. The third kappa shape index (κ3) is 4.66. The van der Waals surface area contributed by atoms with Gasteiger partial charge in [-0.05, 0) is 37.5 Å². The number of hydrogen-bond acceptors (Lipinski definition) is 4. The Hall–Kier alpha value is -2.21. The Balaban J connectivity index is 2.49. The van der Waals surface area contributed by atoms with E-state index in [1.807, 2.05) is 20.8 Å². The number of benzene rings is 1. The lowest BCUT2D eigenvalue weighted by Gasteiger charge is -2.10. The number of nitrogens with one attached hydrogen (secondary N) is 1. The van der Waals surface area contributed by atoms with Crippen molar-refractivity contribution in [1.82, 2.24) is 0 Å². The van der Waals surface area contributed by atoms with E-state index in [4.69, 9.17) is 4.74 Å². The van der Waals surface area contributed by atoms with Crippen LogP contribution >= 0.6 is 11.3 Å². The van der Waals surface area contributed by atoms with Crippen LogP contribution in [0, 0.1) is 18.7 Å². The number of thiophene rings is 1. The zero-order valence-electron chi connectivity index (χ0n) is 14.8. The maximum Gasteiger partial charge on any atom is 0.341 e. The second-order valence-corrected chi connectivity index (χ2v) is 7.34. The van der Waals surface area contributed by atoms with Crippen molar-refractivity contribution >= 4 is 28.2 Å². The van der Waals surface area contributed by atoms with E-state index in [0.717, 1.165) is 4.88 Å². The lowest BCUT2D eigenvalue weighted by atomic mass is 10.0. The monoisotopic (exact) mass is 363 g/mol. The van der Waals surface area contributed by atoms with Gasteiger partial charge in [0.05, 0.1) is 6.61 Å². The van der Waals surface area contributed by atoms with Gasteiger partial charge in [-0.3, -0.25) is 4.79 Å². The molecule has 2 rings (SSSR count). The minimum atomic E-state index is -0.494. The number of hydrogen-bond donors (Lipinski definition) is 1. The molecule has 1 aromatic carbocycles. The lowest BCUT2D eigenvalue weighted by molar-refractivity contribution is -0.116. The van der Waals surface area contributed by atoms with E-state index in [2.05, 4.69) is 5.32 Å². The number of amides is 1. The van der Waals surface area contributed by atoms with Crippen molar-refractivity contribution < 1.29 is 18.7 Å². The van der Waals surface area contributed by atoms with Gasteiger partial charge in [-0.1, -0.05) is 26.0 Å². The van der Waals surface area contributed by atoms with E-state index in [1.165, 1.54) is 23.5 Å². The number of esters is 1. The van der Waals surface area contributed by atoms with Crippen LogP contribution in [0.3, 0.4) is 0 Å². The second kappa shape index (κ2) is 8.25. The first-order valence-corrected chi connectivity index (χ1v) is 9.01. The molecule has 0 aliphatic rings. The van der Waals surface area contributed by atoms with Crippen molar-refractivity contribution in [2.75, 3.05) is 11.9 Å². The highest BCUT2D eigenvalue weighted by atomic mass is 32.1. The summed E-state index contributed by atoms with van der Waals surface area (Å²) in [5.41, 5.74) is 1.71. The van der Waals surface area contributed by atoms with Gasteiger partial charge in [0, 0.05) is 16.9 Å². The summed E-state index contributed by atoms with van der Waals surface area (Å²) >= 11 is 1.32. The quantitative estimate of drug-likeness (QED) is 0.733. The molecule has 0 aliphatic heterocycles. The molecule has 0 saturated heterocycles. The van der Waals surface area contributed by atoms with Crippen LogP contribution in [0.1, 0.15) is 42.4 Å². The molecule has 4 nitrogen and oxygen atoms in total. The summed E-state index contributed by atoms with van der Waals surface area (Å²) in [6.45, 7) is 7.73. The fourth-order valence-electron chi connectivity index (χ4n) is 2.54. The smallest absolute Gasteiger partial charge is 0.341 e. The molecule has 0 spiro atoms. The molecule has 25 heavy (non-hydrogen) atoms. The van der Waals surface area contributed by atoms with Crippen molar-refractivity contribution in [2.45, 2.75) is 34.1 Å². The number of carbonyl (C=O) groups excluding carboxylic acids is 2. The summed E-state index contributed by atoms with van der Waals surface area (Å²) in [7, 11) is 0. The van der Waals surface area contributed by atoms with Crippen molar-refractivity contribution in [3.8, 4) is 11.1 Å². The standard InChI is InChI=1S/C19H22FNO3S/c1-5-24-19(23)17-16(13-6-8-14(20)9-7-13)12(4)25-18(17)21-15(22)10-11(2)3/h6-9,11H,5,10H2,1-4H3,(H,21,22). The number of ether oxygens (including phenoxy) is 1. The van der Waals surface area contributed by atoms with Gasteiger partial charge in [-0.2, -0.15) is 0 Å². The third-order valence-corrected chi connectivity index (χ3v) is 4.56. The van der Waals surface area contributed by atoms with Crippen LogP contribution in [-0.4, -0.2) is 18.5 Å². The van der Waals surface area contributed by atoms with E-state index in [9.17, 15) is 14.0 Å². The number of halogens is 1. The van der Waals surface area contributed by atoms with Gasteiger partial charge in [0.2, 0.25) is 5.91 Å². The maximum absolute atomic E-state index is 13.2. The molecule has 0 unspecified atom stereocenters. The van der Waals surface area contributed by atoms with Crippen LogP contribution in [-0.2, 0) is 9.53 Å². The fourth-order valence-corrected chi connectivity index (χ4v) is 3.62. The van der Waals surface area contributed by atoms with Gasteiger partial charge in [0.25, 0.3) is 0 Å². The molecule has 1 N–H and O–H groups in total. The molecule has 0 fully saturated rings. The predicted octanol–water partition coefficient (Wildman–Crippen LogP) is 5.02. The molecule has 0 saturated carbocycles. The highest BCUT2D eigenvalue weighted by Gasteiger charge is 2.25. The van der Waals surface area contributed by atoms with Crippen LogP contribution in [0.25, 0.3) is 11.1 Å². The zero-order valence-corrected chi connectivity index (χ0v) is 15.6. The van der Waals surface area contributed by atoms with Gasteiger partial charge in [0.15, 0.2) is 0 Å². The molecule has 1 amide bonds. The predicted molar refractivity (Wildman–Crippen MR) is 98.5 cm³/mol. The Bertz CT molecular complexity index is 766. The normalized spacial score (nSPS) is 10.8. The van der Waals surface area contributed by atoms with E-state index in [-0.39, 0.29) is 24.2 Å². The molecular weight excluding hydrogens is 341 g/mol. The molecule has 0 aliphatic carbocycles. The summed E-state index contributed by atoms with van der Waals surface area (Å²) < 4.78 is 18.4. The largest absolute Gasteiger partial charge is 0.462 e. The molecule has 134 valence electrons. The minimum Gasteiger partial charge on any atom is -0.462 e. The molecule has 0 bridgehead atoms. The number of rotatable bonds is 6. The Kier molecular flexibility index (Phi) is 6.31. The maximum atomic E-state index is 13.2. The SMILES string of the molecule is CCOC(=O)c1c(NC(=O)CC(C)C)sc(C)c1-c1ccc(F)cc1. The average Bonchev–Trinajstić information content (AvgIpc) is 2.83. The number of anilines is 1. The van der Waals surface area contributed by atoms with Crippen LogP contribution in [0.15, 0.2) is 24.3 Å². The first-order valence-electron chi connectivity index (χ1n) is 8.19. The van der Waals surface area contributed by atoms with E-state index < -0.39 is 5.97 Å². The fraction of sp³-hybridized carbons (Fsp3) is 0.368. The van der Waals surface area contributed by atoms with Gasteiger partial charge in [-0.25, -0.2) is 9.18 Å². The van der Waals surface area contributed by atoms with E-state index in [1.54, 1.807) is 19.1 Å². The first-order chi connectivity index (χ1) is 11.8. The van der Waals surface area contributed by atoms with Gasteiger partial charge < -0.3 is 10.1 Å². The third-order valence-electron chi connectivity index (χ3n) is 3.54. The molecule has 0 radical (unpaired) electrons. The van der Waals surface area contributed by atoms with Crippen molar-refractivity contribution in [3.63, 3.8) is 0 Å². The molecule has 2 aromatic rings. The second-order valence-electron chi connectivity index (χ2n) is 6.11. The highest BCUT2D eigenvalue weighted by Crippen LogP contribution is 2.40. The van der Waals surface area contributed by atoms with Crippen molar-refractivity contribution in [2.24, 2.45) is 5.92 Å². The van der Waals surface area contributed by atoms with Crippen LogP contribution in [0.2, 0.25) is 0 Å². The number of carbonyl (C=O) groups is 2. The summed E-state index contributed by atoms with van der Waals surface area (Å²) in [6.07, 6.45) is 0.366. The first kappa shape index (κ1) is 19.1. The Morgan fingerprint density at radius 3 is 2.44 bits per heavy atom. The van der Waals surface area contributed by atoms with Crippen molar-refractivity contribution in [3.05, 3.63) is 40.5 Å². The molecule has 1 heterocycles.